The lowest BCUT2D eigenvalue weighted by molar-refractivity contribution is -0.311. The van der Waals surface area contributed by atoms with Gasteiger partial charge in [0.05, 0.1) is 0 Å². The van der Waals surface area contributed by atoms with Gasteiger partial charge in [-0.15, -0.1) is 0 Å². The zero-order valence-corrected chi connectivity index (χ0v) is 14.4. The zero-order chi connectivity index (χ0) is 18.4. The van der Waals surface area contributed by atoms with Crippen molar-refractivity contribution in [3.8, 4) is 0 Å². The first-order valence-electron chi connectivity index (χ1n) is 7.55. The molecule has 0 bridgehead atoms. The van der Waals surface area contributed by atoms with E-state index in [1.165, 1.54) is 27.9 Å². The Balaban J connectivity index is 3.24. The number of aliphatic hydroxyl groups is 1. The fourth-order valence-corrected chi connectivity index (χ4v) is 2.54. The third-order valence-electron chi connectivity index (χ3n) is 3.45. The van der Waals surface area contributed by atoms with Crippen LogP contribution in [0.15, 0.2) is 0 Å². The minimum Gasteiger partial charge on any atom is -0.457 e. The third-order valence-corrected chi connectivity index (χ3v) is 3.45. The van der Waals surface area contributed by atoms with Crippen molar-refractivity contribution in [2.75, 3.05) is 13.7 Å². The molecule has 0 spiro atoms. The van der Waals surface area contributed by atoms with Gasteiger partial charge in [0.25, 0.3) is 0 Å². The summed E-state index contributed by atoms with van der Waals surface area (Å²) in [5.41, 5.74) is 0. The Bertz CT molecular complexity index is 464. The average molecular weight is 348 g/mol. The van der Waals surface area contributed by atoms with Gasteiger partial charge in [-0.1, -0.05) is 0 Å². The number of hydrogen-bond acceptors (Lipinski definition) is 9. The molecule has 9 heteroatoms. The Morgan fingerprint density at radius 3 is 2.00 bits per heavy atom. The second-order valence-electron chi connectivity index (χ2n) is 5.33. The first-order chi connectivity index (χ1) is 11.2. The molecule has 1 rings (SSSR count). The van der Waals surface area contributed by atoms with Gasteiger partial charge >= 0.3 is 11.9 Å². The van der Waals surface area contributed by atoms with Crippen LogP contribution in [0.3, 0.4) is 0 Å². The molecule has 0 aliphatic carbocycles. The van der Waals surface area contributed by atoms with E-state index in [0.29, 0.717) is 0 Å². The standard InChI is InChI=1S/C15H24O9/c1-6-21-12-13(22-8(3)17)11(10(19)7(2)16)24-15(20-5)14(12)23-9(4)18/h10-15,19H,6H2,1-5H3/t10?,11-,12+,13-,14+,15+/m1/s1. The molecular formula is C15H24O9. The van der Waals surface area contributed by atoms with Crippen molar-refractivity contribution in [3.05, 3.63) is 0 Å². The normalized spacial score (nSPS) is 31.2. The van der Waals surface area contributed by atoms with Crippen LogP contribution in [0.1, 0.15) is 27.7 Å². The molecular weight excluding hydrogens is 324 g/mol. The maximum atomic E-state index is 11.6. The Morgan fingerprint density at radius 1 is 1.04 bits per heavy atom. The molecule has 0 saturated carbocycles. The van der Waals surface area contributed by atoms with Crippen LogP contribution in [0.25, 0.3) is 0 Å². The number of carbonyl (C=O) groups is 3. The van der Waals surface area contributed by atoms with Gasteiger partial charge in [-0.05, 0) is 13.8 Å². The quantitative estimate of drug-likeness (QED) is 0.612. The van der Waals surface area contributed by atoms with Gasteiger partial charge in [-0.2, -0.15) is 0 Å². The van der Waals surface area contributed by atoms with Crippen molar-refractivity contribution in [1.82, 2.24) is 0 Å². The summed E-state index contributed by atoms with van der Waals surface area (Å²) in [4.78, 5) is 34.4. The van der Waals surface area contributed by atoms with Crippen molar-refractivity contribution >= 4 is 17.7 Å². The van der Waals surface area contributed by atoms with Crippen LogP contribution in [0.5, 0.6) is 0 Å². The first-order valence-corrected chi connectivity index (χ1v) is 7.55. The third kappa shape index (κ3) is 4.97. The van der Waals surface area contributed by atoms with Crippen LogP contribution in [-0.4, -0.2) is 73.4 Å². The molecule has 1 fully saturated rings. The maximum Gasteiger partial charge on any atom is 0.303 e. The number of Topliss-reactive ketones (excluding diaryl/α,β-unsaturated/α-hetero) is 1. The highest BCUT2D eigenvalue weighted by Gasteiger charge is 2.53. The molecule has 1 saturated heterocycles. The molecule has 24 heavy (non-hydrogen) atoms. The van der Waals surface area contributed by atoms with Crippen LogP contribution in [0, 0.1) is 0 Å². The fraction of sp³-hybridized carbons (Fsp3) is 0.800. The van der Waals surface area contributed by atoms with Crippen LogP contribution in [0.4, 0.5) is 0 Å². The lowest BCUT2D eigenvalue weighted by Crippen LogP contribution is -2.64. The van der Waals surface area contributed by atoms with E-state index in [1.54, 1.807) is 6.92 Å². The highest BCUT2D eigenvalue weighted by molar-refractivity contribution is 5.81. The van der Waals surface area contributed by atoms with Crippen LogP contribution >= 0.6 is 0 Å². The predicted octanol–water partition coefficient (Wildman–Crippen LogP) is -0.424. The number of rotatable bonds is 7. The van der Waals surface area contributed by atoms with E-state index in [0.717, 1.165) is 0 Å². The van der Waals surface area contributed by atoms with Crippen LogP contribution in [0.2, 0.25) is 0 Å². The van der Waals surface area contributed by atoms with Crippen molar-refractivity contribution in [3.63, 3.8) is 0 Å². The van der Waals surface area contributed by atoms with Gasteiger partial charge in [0.15, 0.2) is 24.3 Å². The lowest BCUT2D eigenvalue weighted by atomic mass is 9.93. The summed E-state index contributed by atoms with van der Waals surface area (Å²) in [6.07, 6.45) is -7.05. The summed E-state index contributed by atoms with van der Waals surface area (Å²) in [6, 6.07) is 0. The highest BCUT2D eigenvalue weighted by Crippen LogP contribution is 2.30. The summed E-state index contributed by atoms with van der Waals surface area (Å²) in [5, 5.41) is 10.1. The Labute approximate surface area is 140 Å². The van der Waals surface area contributed by atoms with Crippen LogP contribution < -0.4 is 0 Å². The summed E-state index contributed by atoms with van der Waals surface area (Å²) >= 11 is 0. The van der Waals surface area contributed by atoms with Gasteiger partial charge in [-0.25, -0.2) is 0 Å². The maximum absolute atomic E-state index is 11.6. The van der Waals surface area contributed by atoms with Crippen molar-refractivity contribution in [2.45, 2.75) is 64.5 Å². The van der Waals surface area contributed by atoms with E-state index in [2.05, 4.69) is 0 Å². The smallest absolute Gasteiger partial charge is 0.303 e. The number of ether oxygens (including phenoxy) is 5. The van der Waals surface area contributed by atoms with Crippen molar-refractivity contribution in [2.24, 2.45) is 0 Å². The first kappa shape index (κ1) is 20.5. The molecule has 0 radical (unpaired) electrons. The average Bonchev–Trinajstić information content (AvgIpc) is 2.49. The molecule has 0 amide bonds. The zero-order valence-electron chi connectivity index (χ0n) is 14.4. The summed E-state index contributed by atoms with van der Waals surface area (Å²) in [6.45, 7) is 5.45. The van der Waals surface area contributed by atoms with Gasteiger partial charge in [0.1, 0.15) is 18.3 Å². The lowest BCUT2D eigenvalue weighted by Gasteiger charge is -2.45. The molecule has 1 heterocycles. The monoisotopic (exact) mass is 348 g/mol. The Kier molecular flexibility index (Phi) is 7.74. The number of esters is 2. The molecule has 0 aromatic carbocycles. The number of ketones is 1. The molecule has 1 aliphatic rings. The summed E-state index contributed by atoms with van der Waals surface area (Å²) in [5.74, 6) is -1.85. The molecule has 1 N–H and O–H groups in total. The van der Waals surface area contributed by atoms with Gasteiger partial charge in [0, 0.05) is 27.6 Å². The van der Waals surface area contributed by atoms with Gasteiger partial charge in [0.2, 0.25) is 0 Å². The number of carbonyl (C=O) groups excluding carboxylic acids is 3. The molecule has 9 nitrogen and oxygen atoms in total. The van der Waals surface area contributed by atoms with E-state index in [9.17, 15) is 19.5 Å². The molecule has 6 atom stereocenters. The fourth-order valence-electron chi connectivity index (χ4n) is 2.54. The number of aliphatic hydroxyl groups excluding tert-OH is 1. The Morgan fingerprint density at radius 2 is 1.58 bits per heavy atom. The van der Waals surface area contributed by atoms with Crippen molar-refractivity contribution < 1.29 is 43.2 Å². The molecule has 0 aromatic rings. The van der Waals surface area contributed by atoms with E-state index < -0.39 is 54.5 Å². The van der Waals surface area contributed by atoms with Crippen molar-refractivity contribution in [1.29, 1.82) is 0 Å². The minimum atomic E-state index is -1.56. The highest BCUT2D eigenvalue weighted by atomic mass is 16.7. The second kappa shape index (κ2) is 9.07. The number of methoxy groups -OCH3 is 1. The SMILES string of the molecule is CCO[C@@H]1[C@H](OC(C)=O)[C@@H](OC)O[C@H](C(O)C(C)=O)[C@H]1OC(C)=O. The number of hydrogen-bond donors (Lipinski definition) is 1. The van der Waals surface area contributed by atoms with Crippen LogP contribution in [-0.2, 0) is 38.1 Å². The molecule has 1 unspecified atom stereocenters. The Hall–Kier alpha value is -1.55. The van der Waals surface area contributed by atoms with E-state index in [4.69, 9.17) is 23.7 Å². The van der Waals surface area contributed by atoms with E-state index >= 15 is 0 Å². The predicted molar refractivity (Wildman–Crippen MR) is 78.9 cm³/mol. The summed E-state index contributed by atoms with van der Waals surface area (Å²) in [7, 11) is 1.31. The van der Waals surface area contributed by atoms with E-state index in [-0.39, 0.29) is 6.61 Å². The second-order valence-corrected chi connectivity index (χ2v) is 5.33. The molecule has 138 valence electrons. The summed E-state index contributed by atoms with van der Waals surface area (Å²) < 4.78 is 26.6. The molecule has 1 aliphatic heterocycles. The van der Waals surface area contributed by atoms with Gasteiger partial charge in [-0.3, -0.25) is 14.4 Å². The van der Waals surface area contributed by atoms with Gasteiger partial charge < -0.3 is 28.8 Å². The van der Waals surface area contributed by atoms with E-state index in [1.807, 2.05) is 0 Å². The molecule has 0 aromatic heterocycles. The largest absolute Gasteiger partial charge is 0.457 e. The topological polar surface area (TPSA) is 118 Å². The minimum absolute atomic E-state index is 0.208.